The van der Waals surface area contributed by atoms with Gasteiger partial charge in [0.2, 0.25) is 11.8 Å². The van der Waals surface area contributed by atoms with Crippen molar-refractivity contribution in [2.45, 2.75) is 45.0 Å². The summed E-state index contributed by atoms with van der Waals surface area (Å²) in [4.78, 5) is 27.2. The second kappa shape index (κ2) is 12.6. The Balaban J connectivity index is 2.02. The molecule has 0 aromatic heterocycles. The highest BCUT2D eigenvalue weighted by Gasteiger charge is 2.25. The smallest absolute Gasteiger partial charge is 0.242 e. The molecule has 156 valence electrons. The number of benzene rings is 2. The fraction of sp³-hybridized carbons (Fsp3) is 0.391. The minimum absolute atomic E-state index is 0.0426. The Morgan fingerprint density at radius 2 is 1.76 bits per heavy atom. The van der Waals surface area contributed by atoms with Crippen molar-refractivity contribution < 1.29 is 9.59 Å². The zero-order valence-electron chi connectivity index (χ0n) is 17.1. The molecule has 0 radical (unpaired) electrons. The third-order valence-electron chi connectivity index (χ3n) is 4.60. The van der Waals surface area contributed by atoms with Crippen LogP contribution in [0.4, 0.5) is 0 Å². The second-order valence-electron chi connectivity index (χ2n) is 6.95. The Morgan fingerprint density at radius 3 is 2.41 bits per heavy atom. The summed E-state index contributed by atoms with van der Waals surface area (Å²) in [6.07, 6.45) is 1.94. The zero-order chi connectivity index (χ0) is 21.1. The molecule has 1 N–H and O–H groups in total. The van der Waals surface area contributed by atoms with Gasteiger partial charge in [-0.2, -0.15) is 0 Å². The van der Waals surface area contributed by atoms with E-state index in [4.69, 9.17) is 11.6 Å². The van der Waals surface area contributed by atoms with E-state index in [0.29, 0.717) is 23.9 Å². The van der Waals surface area contributed by atoms with Gasteiger partial charge in [0.1, 0.15) is 6.04 Å². The highest BCUT2D eigenvalue weighted by atomic mass is 35.5. The first-order valence-corrected chi connectivity index (χ1v) is 11.5. The van der Waals surface area contributed by atoms with E-state index >= 15 is 0 Å². The number of unbranched alkanes of at least 4 members (excludes halogenated alkanes) is 1. The van der Waals surface area contributed by atoms with Crippen LogP contribution in [-0.4, -0.2) is 35.1 Å². The van der Waals surface area contributed by atoms with Gasteiger partial charge in [-0.1, -0.05) is 67.4 Å². The number of nitrogens with one attached hydrogen (secondary N) is 1. The number of hydrogen-bond acceptors (Lipinski definition) is 3. The number of hydrogen-bond donors (Lipinski definition) is 1. The normalized spacial score (nSPS) is 11.7. The third-order valence-corrected chi connectivity index (χ3v) is 5.84. The molecule has 0 spiro atoms. The monoisotopic (exact) mass is 432 g/mol. The van der Waals surface area contributed by atoms with Crippen molar-refractivity contribution in [1.29, 1.82) is 0 Å². The van der Waals surface area contributed by atoms with Crippen molar-refractivity contribution >= 4 is 35.2 Å². The Labute approximate surface area is 183 Å². The maximum absolute atomic E-state index is 13.0. The lowest BCUT2D eigenvalue weighted by molar-refractivity contribution is -0.138. The van der Waals surface area contributed by atoms with E-state index in [1.165, 1.54) is 5.56 Å². The van der Waals surface area contributed by atoms with E-state index in [1.54, 1.807) is 35.7 Å². The number of carbonyl (C=O) groups excluding carboxylic acids is 2. The summed E-state index contributed by atoms with van der Waals surface area (Å²) < 4.78 is 0. The first kappa shape index (κ1) is 23.3. The van der Waals surface area contributed by atoms with E-state index in [-0.39, 0.29) is 11.8 Å². The predicted octanol–water partition coefficient (Wildman–Crippen LogP) is 4.91. The van der Waals surface area contributed by atoms with Gasteiger partial charge in [-0.15, -0.1) is 11.8 Å². The van der Waals surface area contributed by atoms with Crippen LogP contribution in [0.3, 0.4) is 0 Å². The van der Waals surface area contributed by atoms with E-state index in [1.807, 2.05) is 42.5 Å². The van der Waals surface area contributed by atoms with Gasteiger partial charge >= 0.3 is 0 Å². The molecule has 0 heterocycles. The predicted molar refractivity (Wildman–Crippen MR) is 122 cm³/mol. The van der Waals surface area contributed by atoms with Gasteiger partial charge in [0.25, 0.3) is 0 Å². The molecule has 0 saturated heterocycles. The quantitative estimate of drug-likeness (QED) is 0.513. The largest absolute Gasteiger partial charge is 0.354 e. The number of rotatable bonds is 11. The molecule has 0 aliphatic heterocycles. The summed E-state index contributed by atoms with van der Waals surface area (Å²) >= 11 is 7.54. The molecular weight excluding hydrogens is 404 g/mol. The lowest BCUT2D eigenvalue weighted by Gasteiger charge is -2.29. The first-order valence-electron chi connectivity index (χ1n) is 9.94. The number of nitrogens with zero attached hydrogens (tertiary/aromatic N) is 1. The van der Waals surface area contributed by atoms with E-state index in [9.17, 15) is 9.59 Å². The molecular formula is C23H29ClN2O2S. The lowest BCUT2D eigenvalue weighted by atomic mass is 10.1. The van der Waals surface area contributed by atoms with Gasteiger partial charge in [0, 0.05) is 23.9 Å². The van der Waals surface area contributed by atoms with Gasteiger partial charge in [0.15, 0.2) is 0 Å². The molecule has 1 atom stereocenters. The van der Waals surface area contributed by atoms with Crippen LogP contribution in [0.25, 0.3) is 0 Å². The summed E-state index contributed by atoms with van der Waals surface area (Å²) in [5.41, 5.74) is 2.13. The van der Waals surface area contributed by atoms with Crippen LogP contribution in [0.15, 0.2) is 54.6 Å². The van der Waals surface area contributed by atoms with E-state index in [0.717, 1.165) is 24.2 Å². The van der Waals surface area contributed by atoms with E-state index < -0.39 is 6.04 Å². The van der Waals surface area contributed by atoms with Crippen LogP contribution >= 0.6 is 23.4 Å². The zero-order valence-corrected chi connectivity index (χ0v) is 18.6. The Bertz CT molecular complexity index is 768. The number of thioether (sulfide) groups is 1. The van der Waals surface area contributed by atoms with Gasteiger partial charge in [-0.25, -0.2) is 0 Å². The molecule has 2 aromatic rings. The van der Waals surface area contributed by atoms with Crippen molar-refractivity contribution in [3.63, 3.8) is 0 Å². The molecule has 0 fully saturated rings. The molecule has 6 heteroatoms. The van der Waals surface area contributed by atoms with Crippen molar-refractivity contribution in [3.8, 4) is 0 Å². The van der Waals surface area contributed by atoms with Crippen LogP contribution < -0.4 is 5.32 Å². The fourth-order valence-electron chi connectivity index (χ4n) is 2.82. The SMILES string of the molecule is CCCCNC(=O)C(C)N(Cc1ccc(Cl)cc1)C(=O)CSCc1ccccc1. The minimum atomic E-state index is -0.535. The molecule has 2 amide bonds. The molecule has 0 saturated carbocycles. The lowest BCUT2D eigenvalue weighted by Crippen LogP contribution is -2.48. The summed E-state index contributed by atoms with van der Waals surface area (Å²) in [7, 11) is 0. The summed E-state index contributed by atoms with van der Waals surface area (Å²) in [5, 5.41) is 3.58. The molecule has 1 unspecified atom stereocenters. The van der Waals surface area contributed by atoms with Crippen molar-refractivity contribution in [2.75, 3.05) is 12.3 Å². The minimum Gasteiger partial charge on any atom is -0.354 e. The summed E-state index contributed by atoms with van der Waals surface area (Å²) in [6.45, 7) is 4.88. The van der Waals surface area contributed by atoms with Crippen LogP contribution in [0, 0.1) is 0 Å². The third kappa shape index (κ3) is 8.11. The van der Waals surface area contributed by atoms with Crippen molar-refractivity contribution in [1.82, 2.24) is 10.2 Å². The number of amides is 2. The maximum Gasteiger partial charge on any atom is 0.242 e. The molecule has 2 rings (SSSR count). The van der Waals surface area contributed by atoms with Crippen LogP contribution in [0.5, 0.6) is 0 Å². The summed E-state index contributed by atoms with van der Waals surface area (Å²) in [5.74, 6) is 0.931. The molecule has 2 aromatic carbocycles. The van der Waals surface area contributed by atoms with Crippen LogP contribution in [-0.2, 0) is 21.9 Å². The van der Waals surface area contributed by atoms with Gasteiger partial charge in [-0.05, 0) is 36.6 Å². The van der Waals surface area contributed by atoms with Gasteiger partial charge in [-0.3, -0.25) is 9.59 Å². The highest BCUT2D eigenvalue weighted by Crippen LogP contribution is 2.17. The average Bonchev–Trinajstić information content (AvgIpc) is 2.73. The van der Waals surface area contributed by atoms with Gasteiger partial charge in [0.05, 0.1) is 5.75 Å². The molecule has 0 aliphatic carbocycles. The average molecular weight is 433 g/mol. The van der Waals surface area contributed by atoms with E-state index in [2.05, 4.69) is 12.2 Å². The maximum atomic E-state index is 13.0. The van der Waals surface area contributed by atoms with Crippen molar-refractivity contribution in [3.05, 3.63) is 70.7 Å². The molecule has 29 heavy (non-hydrogen) atoms. The first-order chi connectivity index (χ1) is 14.0. The Kier molecular flexibility index (Phi) is 10.1. The topological polar surface area (TPSA) is 49.4 Å². The molecule has 0 aliphatic rings. The standard InChI is InChI=1S/C23H29ClN2O2S/c1-3-4-14-25-23(28)18(2)26(15-19-10-12-21(24)13-11-19)22(27)17-29-16-20-8-6-5-7-9-20/h5-13,18H,3-4,14-17H2,1-2H3,(H,25,28). The highest BCUT2D eigenvalue weighted by molar-refractivity contribution is 7.99. The van der Waals surface area contributed by atoms with Crippen LogP contribution in [0.1, 0.15) is 37.8 Å². The van der Waals surface area contributed by atoms with Crippen LogP contribution in [0.2, 0.25) is 5.02 Å². The number of carbonyl (C=O) groups is 2. The molecule has 0 bridgehead atoms. The van der Waals surface area contributed by atoms with Crippen molar-refractivity contribution in [2.24, 2.45) is 0 Å². The number of halogens is 1. The molecule has 4 nitrogen and oxygen atoms in total. The summed E-state index contributed by atoms with van der Waals surface area (Å²) in [6, 6.07) is 16.9. The van der Waals surface area contributed by atoms with Gasteiger partial charge < -0.3 is 10.2 Å². The Morgan fingerprint density at radius 1 is 1.07 bits per heavy atom. The second-order valence-corrected chi connectivity index (χ2v) is 8.37. The fourth-order valence-corrected chi connectivity index (χ4v) is 3.82. The Hall–Kier alpha value is -1.98.